The van der Waals surface area contributed by atoms with Crippen molar-refractivity contribution in [3.8, 4) is 0 Å². The average Bonchev–Trinajstić information content (AvgIpc) is 3.16. The molecule has 8 nitrogen and oxygen atoms in total. The predicted octanol–water partition coefficient (Wildman–Crippen LogP) is 0.732. The Morgan fingerprint density at radius 3 is 3.05 bits per heavy atom. The number of rotatable bonds is 7. The summed E-state index contributed by atoms with van der Waals surface area (Å²) in [5.41, 5.74) is 0. The molecule has 1 N–H and O–H groups in total. The number of hydrogen-bond acceptors (Lipinski definition) is 6. The maximum absolute atomic E-state index is 4.55. The van der Waals surface area contributed by atoms with Crippen LogP contribution in [0.15, 0.2) is 0 Å². The first-order chi connectivity index (χ1) is 10.8. The minimum atomic E-state index is 0.398. The van der Waals surface area contributed by atoms with Crippen LogP contribution < -0.4 is 5.32 Å². The molecule has 0 saturated heterocycles. The summed E-state index contributed by atoms with van der Waals surface area (Å²) in [6.45, 7) is 6.72. The van der Waals surface area contributed by atoms with Crippen LogP contribution in [-0.2, 0) is 32.5 Å². The SMILES string of the molecule is CCCCn1nnnc1CNC1CCc2nc(CC)nn2C1. The Morgan fingerprint density at radius 1 is 1.32 bits per heavy atom. The molecule has 2 aromatic rings. The smallest absolute Gasteiger partial charge is 0.165 e. The van der Waals surface area contributed by atoms with Gasteiger partial charge < -0.3 is 5.32 Å². The molecule has 8 heteroatoms. The van der Waals surface area contributed by atoms with Gasteiger partial charge in [0.15, 0.2) is 11.6 Å². The van der Waals surface area contributed by atoms with Gasteiger partial charge in [0.2, 0.25) is 0 Å². The zero-order valence-electron chi connectivity index (χ0n) is 13.4. The number of hydrogen-bond donors (Lipinski definition) is 1. The Bertz CT molecular complexity index is 602. The van der Waals surface area contributed by atoms with Crippen LogP contribution in [0, 0.1) is 0 Å². The molecule has 0 radical (unpaired) electrons. The van der Waals surface area contributed by atoms with E-state index in [1.165, 1.54) is 0 Å². The molecule has 0 aliphatic carbocycles. The lowest BCUT2D eigenvalue weighted by atomic mass is 10.1. The van der Waals surface area contributed by atoms with Crippen LogP contribution in [0.1, 0.15) is 50.6 Å². The van der Waals surface area contributed by atoms with Crippen molar-refractivity contribution >= 4 is 0 Å². The zero-order chi connectivity index (χ0) is 15.4. The van der Waals surface area contributed by atoms with E-state index >= 15 is 0 Å². The van der Waals surface area contributed by atoms with Gasteiger partial charge in [0.1, 0.15) is 5.82 Å². The van der Waals surface area contributed by atoms with E-state index in [4.69, 9.17) is 0 Å². The van der Waals surface area contributed by atoms with Crippen LogP contribution >= 0.6 is 0 Å². The summed E-state index contributed by atoms with van der Waals surface area (Å²) in [6, 6.07) is 0.398. The first kappa shape index (κ1) is 15.1. The highest BCUT2D eigenvalue weighted by Crippen LogP contribution is 2.13. The molecule has 2 aromatic heterocycles. The first-order valence-corrected chi connectivity index (χ1v) is 8.21. The molecule has 3 heterocycles. The average molecular weight is 304 g/mol. The monoisotopic (exact) mass is 304 g/mol. The lowest BCUT2D eigenvalue weighted by Gasteiger charge is -2.23. The summed E-state index contributed by atoms with van der Waals surface area (Å²) in [5, 5.41) is 20.1. The van der Waals surface area contributed by atoms with Gasteiger partial charge >= 0.3 is 0 Å². The molecule has 0 aromatic carbocycles. The first-order valence-electron chi connectivity index (χ1n) is 8.21. The third-order valence-electron chi connectivity index (χ3n) is 4.10. The van der Waals surface area contributed by atoms with Crippen molar-refractivity contribution in [1.29, 1.82) is 0 Å². The van der Waals surface area contributed by atoms with Gasteiger partial charge in [0, 0.05) is 25.4 Å². The summed E-state index contributed by atoms with van der Waals surface area (Å²) in [4.78, 5) is 4.55. The number of nitrogens with one attached hydrogen (secondary N) is 1. The fourth-order valence-electron chi connectivity index (χ4n) is 2.74. The summed E-state index contributed by atoms with van der Waals surface area (Å²) in [5.74, 6) is 2.97. The Balaban J connectivity index is 1.55. The highest BCUT2D eigenvalue weighted by atomic mass is 15.5. The third-order valence-corrected chi connectivity index (χ3v) is 4.10. The van der Waals surface area contributed by atoms with Gasteiger partial charge in [-0.2, -0.15) is 5.10 Å². The highest BCUT2D eigenvalue weighted by Gasteiger charge is 2.21. The molecule has 1 aliphatic rings. The molecule has 0 spiro atoms. The van der Waals surface area contributed by atoms with Crippen molar-refractivity contribution in [3.63, 3.8) is 0 Å². The zero-order valence-corrected chi connectivity index (χ0v) is 13.4. The van der Waals surface area contributed by atoms with Crippen molar-refractivity contribution in [2.24, 2.45) is 0 Å². The number of aromatic nitrogens is 7. The number of nitrogens with zero attached hydrogens (tertiary/aromatic N) is 7. The van der Waals surface area contributed by atoms with Gasteiger partial charge in [0.05, 0.1) is 13.1 Å². The van der Waals surface area contributed by atoms with Crippen LogP contribution in [0.4, 0.5) is 0 Å². The van der Waals surface area contributed by atoms with Gasteiger partial charge in [-0.3, -0.25) is 0 Å². The van der Waals surface area contributed by atoms with Crippen molar-refractivity contribution < 1.29 is 0 Å². The van der Waals surface area contributed by atoms with E-state index in [0.717, 1.165) is 62.7 Å². The van der Waals surface area contributed by atoms with E-state index in [1.54, 1.807) is 0 Å². The van der Waals surface area contributed by atoms with Gasteiger partial charge in [-0.15, -0.1) is 5.10 Å². The topological polar surface area (TPSA) is 86.3 Å². The van der Waals surface area contributed by atoms with Crippen LogP contribution in [0.3, 0.4) is 0 Å². The number of fused-ring (bicyclic) bond motifs is 1. The fraction of sp³-hybridized carbons (Fsp3) is 0.786. The standard InChI is InChI=1S/C14H24N8/c1-3-5-8-21-14(17-19-20-21)9-15-11-6-7-13-16-12(4-2)18-22(13)10-11/h11,15H,3-10H2,1-2H3. The number of unbranched alkanes of at least 4 members (excludes halogenated alkanes) is 1. The van der Waals surface area contributed by atoms with Gasteiger partial charge in [-0.1, -0.05) is 20.3 Å². The van der Waals surface area contributed by atoms with E-state index in [9.17, 15) is 0 Å². The second-order valence-corrected chi connectivity index (χ2v) is 5.77. The molecule has 1 unspecified atom stereocenters. The number of tetrazole rings is 1. The maximum Gasteiger partial charge on any atom is 0.165 e. The van der Waals surface area contributed by atoms with Crippen LogP contribution in [0.25, 0.3) is 0 Å². The normalized spacial score (nSPS) is 17.6. The molecular weight excluding hydrogens is 280 g/mol. The van der Waals surface area contributed by atoms with E-state index in [1.807, 2.05) is 9.36 Å². The summed E-state index contributed by atoms with van der Waals surface area (Å²) >= 11 is 0. The van der Waals surface area contributed by atoms with Crippen molar-refractivity contribution in [1.82, 2.24) is 40.3 Å². The second kappa shape index (κ2) is 6.95. The molecule has 22 heavy (non-hydrogen) atoms. The number of aryl methyl sites for hydroxylation is 3. The second-order valence-electron chi connectivity index (χ2n) is 5.77. The molecule has 120 valence electrons. The lowest BCUT2D eigenvalue weighted by Crippen LogP contribution is -2.38. The minimum Gasteiger partial charge on any atom is -0.305 e. The van der Waals surface area contributed by atoms with E-state index in [0.29, 0.717) is 12.6 Å². The van der Waals surface area contributed by atoms with Gasteiger partial charge in [-0.25, -0.2) is 14.3 Å². The van der Waals surface area contributed by atoms with Gasteiger partial charge in [0.25, 0.3) is 0 Å². The molecule has 0 fully saturated rings. The van der Waals surface area contributed by atoms with Crippen molar-refractivity contribution in [2.45, 2.75) is 71.6 Å². The largest absolute Gasteiger partial charge is 0.305 e. The van der Waals surface area contributed by atoms with E-state index < -0.39 is 0 Å². The Hall–Kier alpha value is -1.83. The molecule has 1 atom stereocenters. The lowest BCUT2D eigenvalue weighted by molar-refractivity contribution is 0.351. The molecule has 1 aliphatic heterocycles. The van der Waals surface area contributed by atoms with E-state index in [-0.39, 0.29) is 0 Å². The quantitative estimate of drug-likeness (QED) is 0.811. The predicted molar refractivity (Wildman–Crippen MR) is 81.1 cm³/mol. The van der Waals surface area contributed by atoms with Crippen LogP contribution in [0.2, 0.25) is 0 Å². The summed E-state index contributed by atoms with van der Waals surface area (Å²) in [7, 11) is 0. The van der Waals surface area contributed by atoms with Crippen LogP contribution in [-0.4, -0.2) is 41.0 Å². The molecule has 3 rings (SSSR count). The Morgan fingerprint density at radius 2 is 2.23 bits per heavy atom. The summed E-state index contributed by atoms with van der Waals surface area (Å²) < 4.78 is 3.94. The third kappa shape index (κ3) is 3.32. The Kier molecular flexibility index (Phi) is 4.77. The molecule has 0 bridgehead atoms. The minimum absolute atomic E-state index is 0.398. The van der Waals surface area contributed by atoms with Gasteiger partial charge in [-0.05, 0) is 23.3 Å². The van der Waals surface area contributed by atoms with E-state index in [2.05, 4.69) is 44.8 Å². The Labute approximate surface area is 130 Å². The molecule has 0 saturated carbocycles. The van der Waals surface area contributed by atoms with Crippen molar-refractivity contribution in [3.05, 3.63) is 17.5 Å². The summed E-state index contributed by atoms with van der Waals surface area (Å²) in [6.07, 6.45) is 5.20. The molecular formula is C14H24N8. The highest BCUT2D eigenvalue weighted by molar-refractivity contribution is 4.98. The molecule has 0 amide bonds. The fourth-order valence-corrected chi connectivity index (χ4v) is 2.74. The maximum atomic E-state index is 4.55. The van der Waals surface area contributed by atoms with Crippen molar-refractivity contribution in [2.75, 3.05) is 0 Å². The van der Waals surface area contributed by atoms with Crippen LogP contribution in [0.5, 0.6) is 0 Å².